The summed E-state index contributed by atoms with van der Waals surface area (Å²) < 4.78 is 0. The molecular weight excluding hydrogens is 198 g/mol. The number of anilines is 1. The fourth-order valence-corrected chi connectivity index (χ4v) is 1.84. The van der Waals surface area contributed by atoms with E-state index < -0.39 is 0 Å². The molecule has 1 unspecified atom stereocenters. The lowest BCUT2D eigenvalue weighted by Crippen LogP contribution is -2.07. The van der Waals surface area contributed by atoms with Crippen LogP contribution in [0.25, 0.3) is 0 Å². The van der Waals surface area contributed by atoms with Gasteiger partial charge in [-0.15, -0.1) is 0 Å². The number of hydrogen-bond donors (Lipinski definition) is 2. The Morgan fingerprint density at radius 2 is 2.00 bits per heavy atom. The summed E-state index contributed by atoms with van der Waals surface area (Å²) in [5.74, 6) is 0. The number of benzene rings is 1. The van der Waals surface area contributed by atoms with E-state index in [0.717, 1.165) is 5.69 Å². The summed E-state index contributed by atoms with van der Waals surface area (Å²) in [7, 11) is 0. The number of aromatic amines is 1. The number of nitrogens with one attached hydrogen (secondary N) is 2. The van der Waals surface area contributed by atoms with Gasteiger partial charge in [-0.3, -0.25) is 5.10 Å². The van der Waals surface area contributed by atoms with Gasteiger partial charge in [0.15, 0.2) is 0 Å². The molecule has 0 saturated heterocycles. The van der Waals surface area contributed by atoms with Crippen LogP contribution in [0.4, 0.5) is 5.69 Å². The van der Waals surface area contributed by atoms with Crippen molar-refractivity contribution in [2.24, 2.45) is 0 Å². The molecule has 2 N–H and O–H groups in total. The molecule has 1 atom stereocenters. The SMILES string of the molecule is Cc1ccccc1NC(C)c1cn[nH]c1C. The molecule has 16 heavy (non-hydrogen) atoms. The Morgan fingerprint density at radius 3 is 2.62 bits per heavy atom. The number of nitrogens with zero attached hydrogens (tertiary/aromatic N) is 1. The molecule has 0 saturated carbocycles. The Balaban J connectivity index is 2.17. The summed E-state index contributed by atoms with van der Waals surface area (Å²) in [6.45, 7) is 6.29. The third-order valence-electron chi connectivity index (χ3n) is 2.85. The minimum Gasteiger partial charge on any atom is -0.378 e. The predicted molar refractivity (Wildman–Crippen MR) is 66.5 cm³/mol. The van der Waals surface area contributed by atoms with Crippen LogP contribution in [0.2, 0.25) is 0 Å². The standard InChI is InChI=1S/C13H17N3/c1-9-6-4-5-7-13(9)15-10(2)12-8-14-16-11(12)3/h4-8,10,15H,1-3H3,(H,14,16). The van der Waals surface area contributed by atoms with Crippen molar-refractivity contribution in [1.82, 2.24) is 10.2 Å². The van der Waals surface area contributed by atoms with Crippen molar-refractivity contribution in [2.45, 2.75) is 26.8 Å². The second-order valence-corrected chi connectivity index (χ2v) is 4.13. The van der Waals surface area contributed by atoms with Crippen molar-refractivity contribution in [1.29, 1.82) is 0 Å². The molecular formula is C13H17N3. The van der Waals surface area contributed by atoms with Gasteiger partial charge in [-0.05, 0) is 32.4 Å². The zero-order valence-corrected chi connectivity index (χ0v) is 9.91. The fourth-order valence-electron chi connectivity index (χ4n) is 1.84. The number of aromatic nitrogens is 2. The van der Waals surface area contributed by atoms with Crippen LogP contribution in [0.5, 0.6) is 0 Å². The number of rotatable bonds is 3. The van der Waals surface area contributed by atoms with Crippen molar-refractivity contribution in [3.63, 3.8) is 0 Å². The van der Waals surface area contributed by atoms with E-state index in [1.54, 1.807) is 0 Å². The smallest absolute Gasteiger partial charge is 0.0542 e. The highest BCUT2D eigenvalue weighted by Gasteiger charge is 2.10. The van der Waals surface area contributed by atoms with Crippen molar-refractivity contribution >= 4 is 5.69 Å². The van der Waals surface area contributed by atoms with Crippen LogP contribution < -0.4 is 5.32 Å². The van der Waals surface area contributed by atoms with Gasteiger partial charge in [0.1, 0.15) is 0 Å². The van der Waals surface area contributed by atoms with Crippen LogP contribution in [0, 0.1) is 13.8 Å². The first kappa shape index (κ1) is 10.7. The van der Waals surface area contributed by atoms with Crippen LogP contribution >= 0.6 is 0 Å². The topological polar surface area (TPSA) is 40.7 Å². The van der Waals surface area contributed by atoms with Gasteiger partial charge in [-0.2, -0.15) is 5.10 Å². The van der Waals surface area contributed by atoms with E-state index in [0.29, 0.717) is 0 Å². The molecule has 2 rings (SSSR count). The zero-order valence-electron chi connectivity index (χ0n) is 9.91. The third kappa shape index (κ3) is 2.08. The average Bonchev–Trinajstić information content (AvgIpc) is 2.68. The zero-order chi connectivity index (χ0) is 11.5. The number of hydrogen-bond acceptors (Lipinski definition) is 2. The van der Waals surface area contributed by atoms with Gasteiger partial charge in [0, 0.05) is 16.9 Å². The van der Waals surface area contributed by atoms with Crippen LogP contribution in [0.1, 0.15) is 29.8 Å². The first-order valence-corrected chi connectivity index (χ1v) is 5.50. The number of aryl methyl sites for hydroxylation is 2. The Morgan fingerprint density at radius 1 is 1.25 bits per heavy atom. The van der Waals surface area contributed by atoms with E-state index >= 15 is 0 Å². The van der Waals surface area contributed by atoms with Crippen LogP contribution in [-0.2, 0) is 0 Å². The lowest BCUT2D eigenvalue weighted by molar-refractivity contribution is 0.872. The van der Waals surface area contributed by atoms with E-state index in [4.69, 9.17) is 0 Å². The molecule has 1 aromatic carbocycles. The summed E-state index contributed by atoms with van der Waals surface area (Å²) in [6.07, 6.45) is 1.88. The monoisotopic (exact) mass is 215 g/mol. The second kappa shape index (κ2) is 4.39. The van der Waals surface area contributed by atoms with Gasteiger partial charge in [0.05, 0.1) is 12.2 Å². The quantitative estimate of drug-likeness (QED) is 0.825. The summed E-state index contributed by atoms with van der Waals surface area (Å²) in [6, 6.07) is 8.57. The summed E-state index contributed by atoms with van der Waals surface area (Å²) in [5.41, 5.74) is 4.77. The molecule has 1 aromatic heterocycles. The normalized spacial score (nSPS) is 12.4. The number of H-pyrrole nitrogens is 1. The molecule has 0 fully saturated rings. The minimum atomic E-state index is 0.264. The first-order valence-electron chi connectivity index (χ1n) is 5.50. The maximum atomic E-state index is 4.04. The average molecular weight is 215 g/mol. The highest BCUT2D eigenvalue weighted by molar-refractivity contribution is 5.51. The molecule has 1 heterocycles. The molecule has 0 radical (unpaired) electrons. The van der Waals surface area contributed by atoms with Crippen molar-refractivity contribution in [3.05, 3.63) is 47.3 Å². The highest BCUT2D eigenvalue weighted by atomic mass is 15.1. The first-order chi connectivity index (χ1) is 7.68. The lowest BCUT2D eigenvalue weighted by atomic mass is 10.1. The largest absolute Gasteiger partial charge is 0.378 e. The summed E-state index contributed by atoms with van der Waals surface area (Å²) in [4.78, 5) is 0. The Bertz CT molecular complexity index is 474. The second-order valence-electron chi connectivity index (χ2n) is 4.13. The van der Waals surface area contributed by atoms with E-state index in [-0.39, 0.29) is 6.04 Å². The van der Waals surface area contributed by atoms with Gasteiger partial charge in [0.25, 0.3) is 0 Å². The Labute approximate surface area is 95.9 Å². The van der Waals surface area contributed by atoms with Crippen LogP contribution in [-0.4, -0.2) is 10.2 Å². The van der Waals surface area contributed by atoms with Gasteiger partial charge >= 0.3 is 0 Å². The minimum absolute atomic E-state index is 0.264. The molecule has 0 aliphatic rings. The van der Waals surface area contributed by atoms with Gasteiger partial charge < -0.3 is 5.32 Å². The molecule has 0 bridgehead atoms. The van der Waals surface area contributed by atoms with Crippen molar-refractivity contribution < 1.29 is 0 Å². The fraction of sp³-hybridized carbons (Fsp3) is 0.308. The molecule has 0 amide bonds. The van der Waals surface area contributed by atoms with Crippen LogP contribution in [0.3, 0.4) is 0 Å². The summed E-state index contributed by atoms with van der Waals surface area (Å²) >= 11 is 0. The van der Waals surface area contributed by atoms with Gasteiger partial charge in [-0.1, -0.05) is 18.2 Å². The molecule has 84 valence electrons. The van der Waals surface area contributed by atoms with Gasteiger partial charge in [-0.25, -0.2) is 0 Å². The maximum absolute atomic E-state index is 4.04. The molecule has 3 heteroatoms. The van der Waals surface area contributed by atoms with Crippen molar-refractivity contribution in [3.8, 4) is 0 Å². The van der Waals surface area contributed by atoms with Crippen LogP contribution in [0.15, 0.2) is 30.5 Å². The Hall–Kier alpha value is -1.77. The van der Waals surface area contributed by atoms with E-state index in [9.17, 15) is 0 Å². The molecule has 0 aliphatic carbocycles. The Kier molecular flexibility index (Phi) is 2.95. The molecule has 2 aromatic rings. The van der Waals surface area contributed by atoms with Crippen molar-refractivity contribution in [2.75, 3.05) is 5.32 Å². The third-order valence-corrected chi connectivity index (χ3v) is 2.85. The van der Waals surface area contributed by atoms with Gasteiger partial charge in [0.2, 0.25) is 0 Å². The summed E-state index contributed by atoms with van der Waals surface area (Å²) in [5, 5.41) is 10.5. The molecule has 0 spiro atoms. The van der Waals surface area contributed by atoms with E-state index in [2.05, 4.69) is 41.5 Å². The number of para-hydroxylation sites is 1. The van der Waals surface area contributed by atoms with E-state index in [1.165, 1.54) is 16.8 Å². The molecule has 0 aliphatic heterocycles. The van der Waals surface area contributed by atoms with E-state index in [1.807, 2.05) is 25.3 Å². The molecule has 3 nitrogen and oxygen atoms in total. The lowest BCUT2D eigenvalue weighted by Gasteiger charge is -2.16. The highest BCUT2D eigenvalue weighted by Crippen LogP contribution is 2.22. The maximum Gasteiger partial charge on any atom is 0.0542 e. The predicted octanol–water partition coefficient (Wildman–Crippen LogP) is 3.20.